The van der Waals surface area contributed by atoms with Gasteiger partial charge in [0.05, 0.1) is 6.04 Å². The monoisotopic (exact) mass is 158 g/mol. The van der Waals surface area contributed by atoms with Crippen LogP contribution in [-0.4, -0.2) is 23.3 Å². The van der Waals surface area contributed by atoms with Gasteiger partial charge in [-0.3, -0.25) is 5.01 Å². The highest BCUT2D eigenvalue weighted by atomic mass is 35.5. The molecule has 1 aliphatic carbocycles. The largest absolute Gasteiger partial charge is 0.295 e. The smallest absolute Gasteiger partial charge is 0.128 e. The average molecular weight is 159 g/mol. The van der Waals surface area contributed by atoms with Crippen LogP contribution in [0.25, 0.3) is 0 Å². The minimum atomic E-state index is 0.618. The summed E-state index contributed by atoms with van der Waals surface area (Å²) in [5.41, 5.74) is 0. The summed E-state index contributed by atoms with van der Waals surface area (Å²) in [4.78, 5) is 0. The first kappa shape index (κ1) is 6.47. The van der Waals surface area contributed by atoms with Crippen LogP contribution in [0, 0.1) is 5.92 Å². The van der Waals surface area contributed by atoms with Crippen LogP contribution in [0.1, 0.15) is 19.3 Å². The van der Waals surface area contributed by atoms with Crippen LogP contribution in [0.3, 0.4) is 0 Å². The lowest BCUT2D eigenvalue weighted by Gasteiger charge is -2.16. The van der Waals surface area contributed by atoms with Crippen LogP contribution >= 0.6 is 11.6 Å². The maximum absolute atomic E-state index is 5.78. The van der Waals surface area contributed by atoms with Crippen molar-refractivity contribution in [3.8, 4) is 0 Å². The molecule has 1 heterocycles. The quantitative estimate of drug-likeness (QED) is 0.567. The molecule has 0 bridgehead atoms. The van der Waals surface area contributed by atoms with E-state index >= 15 is 0 Å². The summed E-state index contributed by atoms with van der Waals surface area (Å²) in [5, 5.41) is 6.94. The molecule has 2 aliphatic rings. The molecular formula is C7H11ClN2. The van der Waals surface area contributed by atoms with Gasteiger partial charge in [-0.1, -0.05) is 11.6 Å². The lowest BCUT2D eigenvalue weighted by molar-refractivity contribution is 0.258. The minimum Gasteiger partial charge on any atom is -0.295 e. The van der Waals surface area contributed by atoms with Crippen molar-refractivity contribution in [2.45, 2.75) is 25.3 Å². The molecule has 0 N–H and O–H groups in total. The Hall–Kier alpha value is -0.240. The first-order chi connectivity index (χ1) is 4.77. The molecule has 2 nitrogen and oxygen atoms in total. The van der Waals surface area contributed by atoms with Crippen molar-refractivity contribution < 1.29 is 0 Å². The number of hydrazone groups is 1. The van der Waals surface area contributed by atoms with Gasteiger partial charge in [-0.25, -0.2) is 0 Å². The highest BCUT2D eigenvalue weighted by Gasteiger charge is 2.37. The zero-order valence-electron chi connectivity index (χ0n) is 6.05. The van der Waals surface area contributed by atoms with Crippen LogP contribution in [0.4, 0.5) is 0 Å². The van der Waals surface area contributed by atoms with Gasteiger partial charge in [-0.05, 0) is 18.8 Å². The van der Waals surface area contributed by atoms with E-state index in [0.29, 0.717) is 6.04 Å². The molecule has 56 valence electrons. The fourth-order valence-corrected chi connectivity index (χ4v) is 1.82. The van der Waals surface area contributed by atoms with E-state index in [1.54, 1.807) is 0 Å². The fourth-order valence-electron chi connectivity index (χ4n) is 1.54. The van der Waals surface area contributed by atoms with Crippen LogP contribution < -0.4 is 0 Å². The van der Waals surface area contributed by atoms with Gasteiger partial charge in [-0.15, -0.1) is 0 Å². The molecule has 0 aromatic heterocycles. The Kier molecular flexibility index (Phi) is 1.37. The van der Waals surface area contributed by atoms with Gasteiger partial charge < -0.3 is 0 Å². The molecule has 1 atom stereocenters. The molecule has 2 rings (SSSR count). The molecule has 0 saturated heterocycles. The van der Waals surface area contributed by atoms with Crippen LogP contribution in [0.2, 0.25) is 0 Å². The summed E-state index contributed by atoms with van der Waals surface area (Å²) in [5.74, 6) is 0.880. The molecular weight excluding hydrogens is 148 g/mol. The van der Waals surface area contributed by atoms with E-state index in [9.17, 15) is 0 Å². The maximum Gasteiger partial charge on any atom is 0.128 e. The van der Waals surface area contributed by atoms with Crippen molar-refractivity contribution >= 4 is 16.8 Å². The number of hydrogen-bond acceptors (Lipinski definition) is 2. The lowest BCUT2D eigenvalue weighted by Crippen LogP contribution is -2.24. The third-order valence-corrected chi connectivity index (χ3v) is 2.52. The van der Waals surface area contributed by atoms with Gasteiger partial charge in [0.25, 0.3) is 0 Å². The molecule has 0 spiro atoms. The summed E-state index contributed by atoms with van der Waals surface area (Å²) < 4.78 is 0. The van der Waals surface area contributed by atoms with Crippen LogP contribution in [-0.2, 0) is 0 Å². The molecule has 1 saturated carbocycles. The van der Waals surface area contributed by atoms with E-state index in [1.165, 1.54) is 12.8 Å². The maximum atomic E-state index is 5.78. The summed E-state index contributed by atoms with van der Waals surface area (Å²) in [6.07, 6.45) is 3.71. The summed E-state index contributed by atoms with van der Waals surface area (Å²) in [6.45, 7) is 0. The molecule has 1 fully saturated rings. The number of nitrogens with zero attached hydrogens (tertiary/aromatic N) is 2. The summed E-state index contributed by atoms with van der Waals surface area (Å²) in [6, 6.07) is 0.618. The van der Waals surface area contributed by atoms with Crippen molar-refractivity contribution in [3.05, 3.63) is 0 Å². The molecule has 0 amide bonds. The SMILES string of the molecule is CN1N=C(Cl)CC1C1CC1. The zero-order chi connectivity index (χ0) is 7.14. The van der Waals surface area contributed by atoms with Crippen molar-refractivity contribution in [1.82, 2.24) is 5.01 Å². The number of rotatable bonds is 1. The molecule has 3 heteroatoms. The average Bonchev–Trinajstić information content (AvgIpc) is 2.61. The van der Waals surface area contributed by atoms with Gasteiger partial charge in [-0.2, -0.15) is 5.10 Å². The fraction of sp³-hybridized carbons (Fsp3) is 0.857. The molecule has 1 aliphatic heterocycles. The predicted octanol–water partition coefficient (Wildman–Crippen LogP) is 1.65. The van der Waals surface area contributed by atoms with E-state index in [1.807, 2.05) is 12.1 Å². The Morgan fingerprint density at radius 2 is 2.30 bits per heavy atom. The standard InChI is InChI=1S/C7H11ClN2/c1-10-6(5-2-3-5)4-7(8)9-10/h5-6H,2-4H2,1H3. The van der Waals surface area contributed by atoms with Gasteiger partial charge >= 0.3 is 0 Å². The van der Waals surface area contributed by atoms with Crippen molar-refractivity contribution in [1.29, 1.82) is 0 Å². The Labute approximate surface area is 65.8 Å². The Morgan fingerprint density at radius 1 is 1.60 bits per heavy atom. The van der Waals surface area contributed by atoms with Gasteiger partial charge in [0.15, 0.2) is 0 Å². The van der Waals surface area contributed by atoms with Crippen molar-refractivity contribution in [2.24, 2.45) is 11.0 Å². The second-order valence-electron chi connectivity index (χ2n) is 3.16. The van der Waals surface area contributed by atoms with E-state index < -0.39 is 0 Å². The topological polar surface area (TPSA) is 15.6 Å². The molecule has 0 aromatic rings. The molecule has 1 unspecified atom stereocenters. The van der Waals surface area contributed by atoms with Crippen LogP contribution in [0.15, 0.2) is 5.10 Å². The number of halogens is 1. The summed E-state index contributed by atoms with van der Waals surface area (Å²) >= 11 is 5.78. The van der Waals surface area contributed by atoms with Gasteiger partial charge in [0, 0.05) is 13.5 Å². The summed E-state index contributed by atoms with van der Waals surface area (Å²) in [7, 11) is 2.01. The third-order valence-electron chi connectivity index (χ3n) is 2.29. The highest BCUT2D eigenvalue weighted by molar-refractivity contribution is 6.65. The lowest BCUT2D eigenvalue weighted by atomic mass is 10.1. The Morgan fingerprint density at radius 3 is 2.70 bits per heavy atom. The first-order valence-corrected chi connectivity index (χ1v) is 4.11. The first-order valence-electron chi connectivity index (χ1n) is 3.73. The molecule has 0 radical (unpaired) electrons. The van der Waals surface area contributed by atoms with Crippen LogP contribution in [0.5, 0.6) is 0 Å². The van der Waals surface area contributed by atoms with Crippen molar-refractivity contribution in [2.75, 3.05) is 7.05 Å². The molecule has 10 heavy (non-hydrogen) atoms. The minimum absolute atomic E-state index is 0.618. The Balaban J connectivity index is 2.01. The second kappa shape index (κ2) is 2.12. The second-order valence-corrected chi connectivity index (χ2v) is 3.60. The van der Waals surface area contributed by atoms with Gasteiger partial charge in [0.1, 0.15) is 5.17 Å². The number of hydrogen-bond donors (Lipinski definition) is 0. The van der Waals surface area contributed by atoms with E-state index in [4.69, 9.17) is 11.6 Å². The van der Waals surface area contributed by atoms with E-state index in [0.717, 1.165) is 17.5 Å². The van der Waals surface area contributed by atoms with E-state index in [2.05, 4.69) is 5.10 Å². The van der Waals surface area contributed by atoms with E-state index in [-0.39, 0.29) is 0 Å². The Bertz CT molecular complexity index is 174. The predicted molar refractivity (Wildman–Crippen MR) is 42.2 cm³/mol. The highest BCUT2D eigenvalue weighted by Crippen LogP contribution is 2.38. The normalized spacial score (nSPS) is 32.8. The zero-order valence-corrected chi connectivity index (χ0v) is 6.80. The van der Waals surface area contributed by atoms with Gasteiger partial charge in [0.2, 0.25) is 0 Å². The molecule has 0 aromatic carbocycles. The van der Waals surface area contributed by atoms with Crippen molar-refractivity contribution in [3.63, 3.8) is 0 Å². The third kappa shape index (κ3) is 1.01.